The van der Waals surface area contributed by atoms with Gasteiger partial charge in [-0.05, 0) is 112 Å². The monoisotopic (exact) mass is 697 g/mol. The average Bonchev–Trinajstić information content (AvgIpc) is 3.04. The van der Waals surface area contributed by atoms with Gasteiger partial charge in [-0.25, -0.2) is 4.79 Å². The van der Waals surface area contributed by atoms with Crippen LogP contribution in [0.1, 0.15) is 82.6 Å². The van der Waals surface area contributed by atoms with Crippen molar-refractivity contribution in [1.29, 1.82) is 5.41 Å². The van der Waals surface area contributed by atoms with Gasteiger partial charge in [-0.2, -0.15) is 0 Å². The zero-order valence-electron chi connectivity index (χ0n) is 28.8. The lowest BCUT2D eigenvalue weighted by Gasteiger charge is -2.57. The third kappa shape index (κ3) is 11.3. The molecule has 0 unspecified atom stereocenters. The number of hydrogen-bond donors (Lipinski definition) is 10. The van der Waals surface area contributed by atoms with Gasteiger partial charge in [0.05, 0.1) is 0 Å². The van der Waals surface area contributed by atoms with Crippen molar-refractivity contribution in [1.82, 2.24) is 26.6 Å². The molecule has 4 aliphatic rings. The van der Waals surface area contributed by atoms with E-state index in [2.05, 4.69) is 26.6 Å². The van der Waals surface area contributed by atoms with Gasteiger partial charge < -0.3 is 48.9 Å². The van der Waals surface area contributed by atoms with E-state index in [4.69, 9.17) is 22.6 Å². The molecular formula is C35H55N9O6. The highest BCUT2D eigenvalue weighted by atomic mass is 16.4. The third-order valence-corrected chi connectivity index (χ3v) is 10.6. The number of benzene rings is 1. The van der Waals surface area contributed by atoms with Gasteiger partial charge in [-0.1, -0.05) is 30.3 Å². The van der Waals surface area contributed by atoms with Crippen LogP contribution < -0.4 is 43.8 Å². The Morgan fingerprint density at radius 3 is 1.86 bits per heavy atom. The van der Waals surface area contributed by atoms with Crippen molar-refractivity contribution in [2.75, 3.05) is 13.1 Å². The molecule has 5 rings (SSSR count). The summed E-state index contributed by atoms with van der Waals surface area (Å²) in [5.74, 6) is -0.952. The predicted molar refractivity (Wildman–Crippen MR) is 187 cm³/mol. The van der Waals surface area contributed by atoms with Gasteiger partial charge in [0, 0.05) is 13.0 Å². The number of amides is 5. The van der Waals surface area contributed by atoms with E-state index >= 15 is 0 Å². The van der Waals surface area contributed by atoms with Crippen LogP contribution in [-0.4, -0.2) is 78.0 Å². The fourth-order valence-electron chi connectivity index (χ4n) is 8.78. The molecule has 15 nitrogen and oxygen atoms in total. The number of carbonyl (C=O) groups is 5. The molecule has 4 fully saturated rings. The summed E-state index contributed by atoms with van der Waals surface area (Å²) in [7, 11) is 0. The minimum atomic E-state index is -1.39. The fourth-order valence-corrected chi connectivity index (χ4v) is 8.78. The number of hydrogen-bond acceptors (Lipinski definition) is 7. The van der Waals surface area contributed by atoms with Crippen molar-refractivity contribution in [3.05, 3.63) is 35.9 Å². The minimum Gasteiger partial charge on any atom is -0.465 e. The van der Waals surface area contributed by atoms with Crippen molar-refractivity contribution in [3.8, 4) is 0 Å². The number of nitrogens with one attached hydrogen (secondary N) is 6. The van der Waals surface area contributed by atoms with Gasteiger partial charge in [0.25, 0.3) is 0 Å². The van der Waals surface area contributed by atoms with Crippen molar-refractivity contribution in [2.45, 2.75) is 108 Å². The maximum atomic E-state index is 14.1. The highest BCUT2D eigenvalue weighted by Crippen LogP contribution is 2.61. The maximum Gasteiger partial charge on any atom is 0.405 e. The Hall–Kier alpha value is -4.40. The van der Waals surface area contributed by atoms with E-state index in [1.54, 1.807) is 30.3 Å². The van der Waals surface area contributed by atoms with Crippen molar-refractivity contribution >= 4 is 35.7 Å². The number of nitrogens with two attached hydrogens (primary N) is 3. The summed E-state index contributed by atoms with van der Waals surface area (Å²) in [6, 6.07) is 4.62. The van der Waals surface area contributed by atoms with Crippen molar-refractivity contribution in [2.24, 2.45) is 40.4 Å². The molecule has 0 saturated heterocycles. The van der Waals surface area contributed by atoms with Crippen LogP contribution in [0.25, 0.3) is 0 Å². The minimum absolute atomic E-state index is 0.0505. The summed E-state index contributed by atoms with van der Waals surface area (Å²) < 4.78 is 0. The zero-order valence-corrected chi connectivity index (χ0v) is 28.8. The van der Waals surface area contributed by atoms with E-state index in [0.29, 0.717) is 56.4 Å². The molecule has 0 heterocycles. The molecule has 50 heavy (non-hydrogen) atoms. The molecule has 0 radical (unpaired) electrons. The number of rotatable bonds is 20. The lowest BCUT2D eigenvalue weighted by molar-refractivity contribution is -0.136. The maximum absolute atomic E-state index is 14.1. The van der Waals surface area contributed by atoms with Crippen molar-refractivity contribution < 1.29 is 29.1 Å². The van der Waals surface area contributed by atoms with Crippen LogP contribution in [-0.2, 0) is 25.6 Å². The van der Waals surface area contributed by atoms with Crippen LogP contribution in [0.3, 0.4) is 0 Å². The summed E-state index contributed by atoms with van der Waals surface area (Å²) in [5, 5.41) is 30.3. The SMILES string of the molecule is N=C(N)NCCC[C@@H](NC(=O)[C@H](Cc1ccccc1)NC(=O)O)C(=O)N[C@@H](CC12CC3CC(CC(C3)C1)C2)C(=O)N[C@@H](CCCCN)C(N)=O. The van der Waals surface area contributed by atoms with Crippen molar-refractivity contribution in [3.63, 3.8) is 0 Å². The first-order valence-corrected chi connectivity index (χ1v) is 17.9. The Kier molecular flexibility index (Phi) is 13.8. The predicted octanol–water partition coefficient (Wildman–Crippen LogP) is 0.804. The molecule has 13 N–H and O–H groups in total. The van der Waals surface area contributed by atoms with E-state index in [1.807, 2.05) is 0 Å². The first-order chi connectivity index (χ1) is 23.9. The summed E-state index contributed by atoms with van der Waals surface area (Å²) in [4.78, 5) is 65.7. The van der Waals surface area contributed by atoms with E-state index in [-0.39, 0.29) is 30.8 Å². The zero-order chi connectivity index (χ0) is 36.3. The highest BCUT2D eigenvalue weighted by molar-refractivity contribution is 5.95. The molecule has 0 aliphatic heterocycles. The van der Waals surface area contributed by atoms with Crippen LogP contribution in [0, 0.1) is 28.6 Å². The molecule has 276 valence electrons. The fraction of sp³-hybridized carbons (Fsp3) is 0.657. The highest BCUT2D eigenvalue weighted by Gasteiger charge is 2.52. The van der Waals surface area contributed by atoms with Crippen LogP contribution in [0.15, 0.2) is 30.3 Å². The first kappa shape index (κ1) is 38.4. The van der Waals surface area contributed by atoms with E-state index in [9.17, 15) is 29.1 Å². The molecule has 4 aliphatic carbocycles. The van der Waals surface area contributed by atoms with Crippen LogP contribution >= 0.6 is 0 Å². The van der Waals surface area contributed by atoms with Crippen LogP contribution in [0.5, 0.6) is 0 Å². The molecular weight excluding hydrogens is 642 g/mol. The summed E-state index contributed by atoms with van der Waals surface area (Å²) >= 11 is 0. The Balaban J connectivity index is 1.55. The summed E-state index contributed by atoms with van der Waals surface area (Å²) in [6.07, 6.45) is 7.59. The van der Waals surface area contributed by atoms with E-state index in [1.165, 1.54) is 19.3 Å². The van der Waals surface area contributed by atoms with E-state index < -0.39 is 53.9 Å². The normalized spacial score (nSPS) is 24.2. The van der Waals surface area contributed by atoms with Crippen LogP contribution in [0.4, 0.5) is 4.79 Å². The summed E-state index contributed by atoms with van der Waals surface area (Å²) in [6.45, 7) is 0.684. The number of unbranched alkanes of at least 4 members (excludes halogenated alkanes) is 1. The Bertz CT molecular complexity index is 1320. The molecule has 1 aromatic carbocycles. The topological polar surface area (TPSA) is 268 Å². The first-order valence-electron chi connectivity index (χ1n) is 17.9. The molecule has 5 amide bonds. The molecule has 4 bridgehead atoms. The molecule has 1 aromatic rings. The molecule has 0 spiro atoms. The Labute approximate surface area is 293 Å². The second-order valence-electron chi connectivity index (χ2n) is 14.7. The molecule has 0 aromatic heterocycles. The smallest absolute Gasteiger partial charge is 0.405 e. The molecule has 15 heteroatoms. The quantitative estimate of drug-likeness (QED) is 0.0524. The Morgan fingerprint density at radius 1 is 0.760 bits per heavy atom. The van der Waals surface area contributed by atoms with Crippen LogP contribution in [0.2, 0.25) is 0 Å². The standard InChI is InChI=1S/C35H55N9O6/c36-11-5-4-9-25(29(37)45)41-32(48)28(20-35-17-22-13-23(18-35)15-24(14-22)19-35)43-30(46)26(10-6-12-40-33(38)39)42-31(47)27(44-34(49)50)16-21-7-2-1-3-8-21/h1-3,7-8,22-28,44H,4-6,9-20,36H2,(H2,37,45)(H,41,48)(H,42,47)(H,43,46)(H,49,50)(H4,38,39,40)/t22?,23?,24?,25-,26+,27-,28-,35?/m0/s1. The number of guanidine groups is 1. The summed E-state index contributed by atoms with van der Waals surface area (Å²) in [5.41, 5.74) is 17.3. The Morgan fingerprint density at radius 2 is 1.30 bits per heavy atom. The molecule has 4 saturated carbocycles. The second kappa shape index (κ2) is 18.0. The average molecular weight is 698 g/mol. The van der Waals surface area contributed by atoms with Gasteiger partial charge >= 0.3 is 6.09 Å². The van der Waals surface area contributed by atoms with Gasteiger partial charge in [-0.15, -0.1) is 0 Å². The number of carboxylic acid groups (broad SMARTS) is 1. The van der Waals surface area contributed by atoms with E-state index in [0.717, 1.165) is 24.8 Å². The van der Waals surface area contributed by atoms with Gasteiger partial charge in [0.15, 0.2) is 5.96 Å². The molecule has 4 atom stereocenters. The third-order valence-electron chi connectivity index (χ3n) is 10.6. The van der Waals surface area contributed by atoms with Gasteiger partial charge in [-0.3, -0.25) is 24.6 Å². The lowest BCUT2D eigenvalue weighted by atomic mass is 9.48. The number of carbonyl (C=O) groups excluding carboxylic acids is 4. The van der Waals surface area contributed by atoms with Gasteiger partial charge in [0.1, 0.15) is 24.2 Å². The number of primary amides is 1. The largest absolute Gasteiger partial charge is 0.465 e. The lowest BCUT2D eigenvalue weighted by Crippen LogP contribution is -2.60. The second-order valence-corrected chi connectivity index (χ2v) is 14.7. The van der Waals surface area contributed by atoms with Gasteiger partial charge in [0.2, 0.25) is 23.6 Å².